The Kier molecular flexibility index (Phi) is 7.69. The second kappa shape index (κ2) is 12.0. The van der Waals surface area contributed by atoms with Gasteiger partial charge in [-0.1, -0.05) is 0 Å². The molecule has 0 radical (unpaired) electrons. The summed E-state index contributed by atoms with van der Waals surface area (Å²) in [6.07, 6.45) is 5.80. The fourth-order valence-corrected chi connectivity index (χ4v) is 3.89. The zero-order chi connectivity index (χ0) is 28.9. The number of hydrogen-bond donors (Lipinski definition) is 4. The highest BCUT2D eigenvalue weighted by atomic mass is 16.5. The summed E-state index contributed by atoms with van der Waals surface area (Å²) in [5.74, 6) is 0.0707. The van der Waals surface area contributed by atoms with E-state index in [0.717, 1.165) is 0 Å². The van der Waals surface area contributed by atoms with Crippen LogP contribution in [0.2, 0.25) is 0 Å². The van der Waals surface area contributed by atoms with E-state index in [1.165, 1.54) is 25.1 Å². The van der Waals surface area contributed by atoms with Gasteiger partial charge in [-0.25, -0.2) is 24.9 Å². The molecule has 2 amide bonds. The van der Waals surface area contributed by atoms with E-state index < -0.39 is 11.8 Å². The van der Waals surface area contributed by atoms with Crippen molar-refractivity contribution in [2.24, 2.45) is 5.73 Å². The Labute approximate surface area is 237 Å². The Bertz CT molecular complexity index is 1590. The number of nitrogens with zero attached hydrogens (tertiary/aromatic N) is 5. The molecule has 0 saturated heterocycles. The average Bonchev–Trinajstić information content (AvgIpc) is 3.81. The lowest BCUT2D eigenvalue weighted by molar-refractivity contribution is 0.0943. The van der Waals surface area contributed by atoms with Gasteiger partial charge in [0.1, 0.15) is 42.2 Å². The molecular weight excluding hydrogens is 550 g/mol. The van der Waals surface area contributed by atoms with Crippen molar-refractivity contribution in [2.45, 2.75) is 6.42 Å². The lowest BCUT2D eigenvalue weighted by Crippen LogP contribution is -2.36. The number of ether oxygens (including phenoxy) is 1. The molecule has 5 aromatic rings. The third-order valence-corrected chi connectivity index (χ3v) is 5.95. The van der Waals surface area contributed by atoms with Crippen LogP contribution in [0, 0.1) is 0 Å². The predicted molar refractivity (Wildman–Crippen MR) is 143 cm³/mol. The van der Waals surface area contributed by atoms with Crippen LogP contribution in [0.15, 0.2) is 54.9 Å². The highest BCUT2D eigenvalue weighted by Gasteiger charge is 2.21. The van der Waals surface area contributed by atoms with Crippen LogP contribution in [-0.2, 0) is 0 Å². The van der Waals surface area contributed by atoms with Crippen LogP contribution in [0.25, 0.3) is 46.3 Å². The van der Waals surface area contributed by atoms with Crippen molar-refractivity contribution in [2.75, 3.05) is 39.3 Å². The maximum Gasteiger partial charge on any atom is 0.273 e. The van der Waals surface area contributed by atoms with E-state index in [2.05, 4.69) is 40.9 Å². The number of nitrogens with two attached hydrogens (primary N) is 1. The molecule has 0 aliphatic carbocycles. The Balaban J connectivity index is 1.36. The monoisotopic (exact) mass is 575 g/mol. The van der Waals surface area contributed by atoms with Crippen LogP contribution in [0.4, 0.5) is 0 Å². The van der Waals surface area contributed by atoms with Gasteiger partial charge >= 0.3 is 0 Å². The van der Waals surface area contributed by atoms with Crippen LogP contribution in [0.3, 0.4) is 0 Å². The molecule has 0 spiro atoms. The van der Waals surface area contributed by atoms with Crippen LogP contribution < -0.4 is 26.4 Å². The largest absolute Gasteiger partial charge is 0.493 e. The molecule has 6 heterocycles. The number of oxazole rings is 4. The molecule has 0 unspecified atom stereocenters. The number of amides is 2. The second-order valence-electron chi connectivity index (χ2n) is 8.98. The first kappa shape index (κ1) is 26.9. The molecule has 0 fully saturated rings. The van der Waals surface area contributed by atoms with Gasteiger partial charge in [-0.05, 0) is 13.0 Å². The molecular formula is C26H25N9O7. The van der Waals surface area contributed by atoms with Crippen molar-refractivity contribution in [1.82, 2.24) is 40.9 Å². The predicted octanol–water partition coefficient (Wildman–Crippen LogP) is 1.49. The summed E-state index contributed by atoms with van der Waals surface area (Å²) in [5.41, 5.74) is 6.92. The SMILES string of the molecule is NCCCOc1cc2nc(c1)-c1nc(co1)-c1nc(co1)C(=O)NCCNCCNC(=O)c1coc(n1)-c1coc-2n1. The third kappa shape index (κ3) is 5.89. The number of nitrogens with one attached hydrogen (secondary N) is 3. The summed E-state index contributed by atoms with van der Waals surface area (Å²) < 4.78 is 28.1. The molecule has 42 heavy (non-hydrogen) atoms. The van der Waals surface area contributed by atoms with Crippen molar-refractivity contribution in [3.05, 3.63) is 48.6 Å². The summed E-state index contributed by atoms with van der Waals surface area (Å²) >= 11 is 0. The molecule has 1 aliphatic heterocycles. The van der Waals surface area contributed by atoms with E-state index in [-0.39, 0.29) is 46.3 Å². The smallest absolute Gasteiger partial charge is 0.273 e. The van der Waals surface area contributed by atoms with Gasteiger partial charge in [-0.15, -0.1) is 0 Å². The van der Waals surface area contributed by atoms with Gasteiger partial charge in [-0.2, -0.15) is 0 Å². The topological polar surface area (TPSA) is 222 Å². The number of pyridine rings is 1. The van der Waals surface area contributed by atoms with Gasteiger partial charge < -0.3 is 44.1 Å². The minimum Gasteiger partial charge on any atom is -0.493 e. The second-order valence-corrected chi connectivity index (χ2v) is 8.98. The van der Waals surface area contributed by atoms with Gasteiger partial charge in [0.2, 0.25) is 23.6 Å². The molecule has 16 nitrogen and oxygen atoms in total. The summed E-state index contributed by atoms with van der Waals surface area (Å²) in [6.45, 7) is 2.41. The van der Waals surface area contributed by atoms with Crippen molar-refractivity contribution < 1.29 is 32.0 Å². The van der Waals surface area contributed by atoms with E-state index in [1.54, 1.807) is 12.1 Å². The molecule has 5 N–H and O–H groups in total. The number of fused-ring (bicyclic) bond motifs is 14. The van der Waals surface area contributed by atoms with E-state index in [4.69, 9.17) is 28.1 Å². The first-order valence-electron chi connectivity index (χ1n) is 13.0. The van der Waals surface area contributed by atoms with Crippen molar-refractivity contribution >= 4 is 11.8 Å². The Hall–Kier alpha value is -5.35. The number of rotatable bonds is 4. The standard InChI is InChI=1S/C26H25N9O7/c27-2-1-7-38-14-8-15-23-34-19(12-41-23)25-32-17(10-39-25)21(36)29-5-3-28-4-6-30-22(37)18-11-40-26(33-18)20-13-42-24(35-20)16(9-14)31-15/h8-13,28H,1-7,27H2,(H,29,36)(H,30,37). The molecule has 0 aromatic carbocycles. The highest BCUT2D eigenvalue weighted by Crippen LogP contribution is 2.31. The van der Waals surface area contributed by atoms with Crippen LogP contribution >= 0.6 is 0 Å². The van der Waals surface area contributed by atoms with Crippen LogP contribution in [0.1, 0.15) is 27.4 Å². The van der Waals surface area contributed by atoms with Gasteiger partial charge in [0, 0.05) is 38.3 Å². The van der Waals surface area contributed by atoms with Gasteiger partial charge in [0.25, 0.3) is 11.8 Å². The number of carbonyl (C=O) groups excluding carboxylic acids is 2. The molecule has 0 atom stereocenters. The first-order chi connectivity index (χ1) is 20.6. The van der Waals surface area contributed by atoms with Crippen LogP contribution in [-0.4, -0.2) is 76.1 Å². The highest BCUT2D eigenvalue weighted by molar-refractivity contribution is 5.92. The van der Waals surface area contributed by atoms with E-state index in [1.807, 2.05) is 0 Å². The Morgan fingerprint density at radius 3 is 1.60 bits per heavy atom. The number of carbonyl (C=O) groups is 2. The quantitative estimate of drug-likeness (QED) is 0.223. The molecule has 5 aromatic heterocycles. The van der Waals surface area contributed by atoms with Crippen molar-refractivity contribution in [3.8, 4) is 52.1 Å². The third-order valence-electron chi connectivity index (χ3n) is 5.95. The van der Waals surface area contributed by atoms with Gasteiger partial charge in [0.05, 0.1) is 6.61 Å². The van der Waals surface area contributed by atoms with Crippen molar-refractivity contribution in [3.63, 3.8) is 0 Å². The van der Waals surface area contributed by atoms with Crippen LogP contribution in [0.5, 0.6) is 5.75 Å². The first-order valence-corrected chi connectivity index (χ1v) is 13.0. The average molecular weight is 576 g/mol. The lowest BCUT2D eigenvalue weighted by Gasteiger charge is -2.07. The zero-order valence-corrected chi connectivity index (χ0v) is 22.1. The van der Waals surface area contributed by atoms with E-state index >= 15 is 0 Å². The Morgan fingerprint density at radius 2 is 1.10 bits per heavy atom. The maximum absolute atomic E-state index is 12.5. The summed E-state index contributed by atoms with van der Waals surface area (Å²) in [5, 5.41) is 8.61. The maximum atomic E-state index is 12.5. The number of hydrogen-bond acceptors (Lipinski definition) is 14. The van der Waals surface area contributed by atoms with E-state index in [9.17, 15) is 9.59 Å². The van der Waals surface area contributed by atoms with Crippen molar-refractivity contribution in [1.29, 1.82) is 0 Å². The molecule has 216 valence electrons. The molecule has 16 heteroatoms. The fraction of sp³-hybridized carbons (Fsp3) is 0.269. The summed E-state index contributed by atoms with van der Waals surface area (Å²) in [6, 6.07) is 3.29. The minimum absolute atomic E-state index is 0.0821. The minimum atomic E-state index is -0.418. The van der Waals surface area contributed by atoms with E-state index in [0.29, 0.717) is 62.9 Å². The lowest BCUT2D eigenvalue weighted by atomic mass is 10.2. The number of aromatic nitrogens is 5. The normalized spacial score (nSPS) is 14.1. The Morgan fingerprint density at radius 1 is 0.643 bits per heavy atom. The fourth-order valence-electron chi connectivity index (χ4n) is 3.89. The molecule has 0 saturated carbocycles. The molecule has 1 aliphatic rings. The zero-order valence-electron chi connectivity index (χ0n) is 22.1. The molecule has 6 rings (SSSR count). The van der Waals surface area contributed by atoms with Gasteiger partial charge in [0.15, 0.2) is 22.8 Å². The van der Waals surface area contributed by atoms with Gasteiger partial charge in [-0.3, -0.25) is 9.59 Å². The summed E-state index contributed by atoms with van der Waals surface area (Å²) in [4.78, 5) is 46.9. The molecule has 10 bridgehead atoms. The summed E-state index contributed by atoms with van der Waals surface area (Å²) in [7, 11) is 0.